The lowest BCUT2D eigenvalue weighted by Crippen LogP contribution is -2.48. The Morgan fingerprint density at radius 3 is 2.33 bits per heavy atom. The van der Waals surface area contributed by atoms with E-state index in [2.05, 4.69) is 16.2 Å². The van der Waals surface area contributed by atoms with Gasteiger partial charge in [0.1, 0.15) is 11.6 Å². The molecule has 8 heteroatoms. The molecule has 0 aliphatic heterocycles. The molecule has 0 bridgehead atoms. The average Bonchev–Trinajstić information content (AvgIpc) is 2.60. The number of ether oxygens (including phenoxy) is 1. The van der Waals surface area contributed by atoms with Gasteiger partial charge in [-0.2, -0.15) is 0 Å². The van der Waals surface area contributed by atoms with E-state index in [1.165, 1.54) is 19.2 Å². The summed E-state index contributed by atoms with van der Waals surface area (Å²) in [6, 6.07) is 11.6. The lowest BCUT2D eigenvalue weighted by Gasteiger charge is -2.12. The number of para-hydroxylation sites is 1. The van der Waals surface area contributed by atoms with Crippen molar-refractivity contribution in [2.75, 3.05) is 7.11 Å². The summed E-state index contributed by atoms with van der Waals surface area (Å²) >= 11 is 4.92. The van der Waals surface area contributed by atoms with Gasteiger partial charge in [-0.3, -0.25) is 25.8 Å². The summed E-state index contributed by atoms with van der Waals surface area (Å²) < 4.78 is 17.9. The molecule has 0 fully saturated rings. The Balaban J connectivity index is 1.90. The fourth-order valence-electron chi connectivity index (χ4n) is 1.82. The van der Waals surface area contributed by atoms with E-state index in [-0.39, 0.29) is 10.7 Å². The molecule has 0 radical (unpaired) electrons. The molecule has 2 amide bonds. The third kappa shape index (κ3) is 4.50. The van der Waals surface area contributed by atoms with E-state index in [0.717, 1.165) is 12.1 Å². The van der Waals surface area contributed by atoms with E-state index < -0.39 is 17.6 Å². The number of hydrogen-bond donors (Lipinski definition) is 3. The molecule has 0 aliphatic carbocycles. The molecule has 6 nitrogen and oxygen atoms in total. The minimum Gasteiger partial charge on any atom is -0.496 e. The SMILES string of the molecule is COc1ccccc1C(=O)NNC(=S)NC(=O)c1ccc(F)cc1. The molecular formula is C16H14FN3O3S. The first kappa shape index (κ1) is 17.4. The minimum absolute atomic E-state index is 0.104. The van der Waals surface area contributed by atoms with Gasteiger partial charge in [0.25, 0.3) is 11.8 Å². The fraction of sp³-hybridized carbons (Fsp3) is 0.0625. The van der Waals surface area contributed by atoms with Gasteiger partial charge in [0.05, 0.1) is 12.7 Å². The molecule has 2 aromatic carbocycles. The molecule has 0 saturated carbocycles. The van der Waals surface area contributed by atoms with E-state index >= 15 is 0 Å². The van der Waals surface area contributed by atoms with Gasteiger partial charge in [0.2, 0.25) is 0 Å². The van der Waals surface area contributed by atoms with Crippen LogP contribution in [0.1, 0.15) is 20.7 Å². The Hall–Kier alpha value is -3.00. The van der Waals surface area contributed by atoms with E-state index in [4.69, 9.17) is 17.0 Å². The monoisotopic (exact) mass is 347 g/mol. The quantitative estimate of drug-likeness (QED) is 0.583. The van der Waals surface area contributed by atoms with Crippen LogP contribution in [-0.2, 0) is 0 Å². The van der Waals surface area contributed by atoms with Crippen LogP contribution < -0.4 is 20.9 Å². The van der Waals surface area contributed by atoms with Crippen LogP contribution in [0.15, 0.2) is 48.5 Å². The van der Waals surface area contributed by atoms with Crippen molar-refractivity contribution in [1.82, 2.24) is 16.2 Å². The first-order chi connectivity index (χ1) is 11.5. The van der Waals surface area contributed by atoms with E-state index in [1.54, 1.807) is 24.3 Å². The van der Waals surface area contributed by atoms with Gasteiger partial charge in [-0.25, -0.2) is 4.39 Å². The average molecular weight is 347 g/mol. The maximum absolute atomic E-state index is 12.8. The van der Waals surface area contributed by atoms with Crippen LogP contribution in [0.3, 0.4) is 0 Å². The van der Waals surface area contributed by atoms with Gasteiger partial charge < -0.3 is 4.74 Å². The maximum Gasteiger partial charge on any atom is 0.273 e. The first-order valence-corrected chi connectivity index (χ1v) is 7.22. The molecule has 0 heterocycles. The molecule has 0 unspecified atom stereocenters. The van der Waals surface area contributed by atoms with Gasteiger partial charge in [-0.15, -0.1) is 0 Å². The highest BCUT2D eigenvalue weighted by atomic mass is 32.1. The molecule has 0 spiro atoms. The van der Waals surface area contributed by atoms with Gasteiger partial charge >= 0.3 is 0 Å². The van der Waals surface area contributed by atoms with Crippen LogP contribution in [0, 0.1) is 5.82 Å². The Morgan fingerprint density at radius 1 is 1.00 bits per heavy atom. The van der Waals surface area contributed by atoms with Crippen molar-refractivity contribution in [3.63, 3.8) is 0 Å². The van der Waals surface area contributed by atoms with Gasteiger partial charge in [0, 0.05) is 5.56 Å². The number of amides is 2. The second-order valence-corrected chi connectivity index (χ2v) is 4.98. The number of carbonyl (C=O) groups is 2. The van der Waals surface area contributed by atoms with Crippen molar-refractivity contribution in [1.29, 1.82) is 0 Å². The van der Waals surface area contributed by atoms with Crippen LogP contribution >= 0.6 is 12.2 Å². The molecule has 24 heavy (non-hydrogen) atoms. The number of carbonyl (C=O) groups excluding carboxylic acids is 2. The third-order valence-electron chi connectivity index (χ3n) is 2.97. The third-order valence-corrected chi connectivity index (χ3v) is 3.18. The largest absolute Gasteiger partial charge is 0.496 e. The van der Waals surface area contributed by atoms with Gasteiger partial charge in [-0.05, 0) is 48.6 Å². The second kappa shape index (κ2) is 8.02. The lowest BCUT2D eigenvalue weighted by molar-refractivity contribution is 0.0932. The zero-order valence-corrected chi connectivity index (χ0v) is 13.4. The zero-order valence-electron chi connectivity index (χ0n) is 12.6. The number of hydrogen-bond acceptors (Lipinski definition) is 4. The zero-order chi connectivity index (χ0) is 17.5. The standard InChI is InChI=1S/C16H14FN3O3S/c1-23-13-5-3-2-4-12(13)15(22)19-20-16(24)18-14(21)10-6-8-11(17)9-7-10/h2-9H,1H3,(H,19,22)(H2,18,20,21,24). The van der Waals surface area contributed by atoms with Crippen molar-refractivity contribution >= 4 is 29.1 Å². The van der Waals surface area contributed by atoms with Crippen LogP contribution in [-0.4, -0.2) is 24.0 Å². The van der Waals surface area contributed by atoms with E-state index in [0.29, 0.717) is 11.3 Å². The van der Waals surface area contributed by atoms with E-state index in [9.17, 15) is 14.0 Å². The van der Waals surface area contributed by atoms with Crippen LogP contribution in [0.2, 0.25) is 0 Å². The Labute approximate surface area is 143 Å². The number of rotatable bonds is 3. The number of halogens is 1. The maximum atomic E-state index is 12.8. The van der Waals surface area contributed by atoms with E-state index in [1.807, 2.05) is 0 Å². The summed E-state index contributed by atoms with van der Waals surface area (Å²) in [4.78, 5) is 23.9. The molecular weight excluding hydrogens is 333 g/mol. The Bertz CT molecular complexity index is 765. The van der Waals surface area contributed by atoms with Gasteiger partial charge in [0.15, 0.2) is 5.11 Å². The highest BCUT2D eigenvalue weighted by Crippen LogP contribution is 2.16. The smallest absolute Gasteiger partial charge is 0.273 e. The second-order valence-electron chi connectivity index (χ2n) is 4.57. The first-order valence-electron chi connectivity index (χ1n) is 6.81. The molecule has 0 atom stereocenters. The molecule has 124 valence electrons. The number of nitrogens with one attached hydrogen (secondary N) is 3. The number of thiocarbonyl (C=S) groups is 1. The summed E-state index contributed by atoms with van der Waals surface area (Å²) in [7, 11) is 1.45. The Morgan fingerprint density at radius 2 is 1.67 bits per heavy atom. The van der Waals surface area contributed by atoms with Crippen molar-refractivity contribution in [2.45, 2.75) is 0 Å². The summed E-state index contributed by atoms with van der Waals surface area (Å²) in [5, 5.41) is 2.26. The highest BCUT2D eigenvalue weighted by molar-refractivity contribution is 7.80. The summed E-state index contributed by atoms with van der Waals surface area (Å²) in [5.41, 5.74) is 5.31. The van der Waals surface area contributed by atoms with Crippen LogP contribution in [0.25, 0.3) is 0 Å². The number of methoxy groups -OCH3 is 1. The summed E-state index contributed by atoms with van der Waals surface area (Å²) in [6.45, 7) is 0. The predicted molar refractivity (Wildman–Crippen MR) is 90.1 cm³/mol. The number of benzene rings is 2. The topological polar surface area (TPSA) is 79.5 Å². The summed E-state index contributed by atoms with van der Waals surface area (Å²) in [6.07, 6.45) is 0. The van der Waals surface area contributed by atoms with Crippen molar-refractivity contribution in [3.8, 4) is 5.75 Å². The molecule has 0 saturated heterocycles. The molecule has 0 aliphatic rings. The molecule has 2 rings (SSSR count). The van der Waals surface area contributed by atoms with Gasteiger partial charge in [-0.1, -0.05) is 12.1 Å². The van der Waals surface area contributed by atoms with Crippen molar-refractivity contribution < 1.29 is 18.7 Å². The normalized spacial score (nSPS) is 9.75. The lowest BCUT2D eigenvalue weighted by atomic mass is 10.2. The van der Waals surface area contributed by atoms with Crippen molar-refractivity contribution in [3.05, 3.63) is 65.5 Å². The fourth-order valence-corrected chi connectivity index (χ4v) is 1.96. The number of hydrazine groups is 1. The minimum atomic E-state index is -0.529. The molecule has 3 N–H and O–H groups in total. The van der Waals surface area contributed by atoms with Crippen molar-refractivity contribution in [2.24, 2.45) is 0 Å². The van der Waals surface area contributed by atoms with Crippen LogP contribution in [0.4, 0.5) is 4.39 Å². The highest BCUT2D eigenvalue weighted by Gasteiger charge is 2.12. The molecule has 0 aromatic heterocycles. The summed E-state index contributed by atoms with van der Waals surface area (Å²) in [5.74, 6) is -1.06. The Kier molecular flexibility index (Phi) is 5.80. The van der Waals surface area contributed by atoms with Crippen LogP contribution in [0.5, 0.6) is 5.75 Å². The molecule has 2 aromatic rings. The predicted octanol–water partition coefficient (Wildman–Crippen LogP) is 1.78.